The number of carbonyl (C=O) groups excluding carboxylic acids is 1. The van der Waals surface area contributed by atoms with Crippen LogP contribution in [0.1, 0.15) is 10.4 Å². The van der Waals surface area contributed by atoms with Gasteiger partial charge in [0, 0.05) is 26.2 Å². The molecule has 1 aromatic heterocycles. The van der Waals surface area contributed by atoms with Gasteiger partial charge in [0.25, 0.3) is 15.9 Å². The maximum Gasteiger partial charge on any atom is 0.258 e. The van der Waals surface area contributed by atoms with Crippen molar-refractivity contribution in [2.75, 3.05) is 26.2 Å². The number of hydrogen-bond donors (Lipinski definition) is 0. The van der Waals surface area contributed by atoms with Crippen molar-refractivity contribution in [2.24, 2.45) is 0 Å². The SMILES string of the molecule is O=C(c1c(F)cccc1Cl)N1CCN(S(=O)(=O)c2ccc(Cl)s2)CC1. The largest absolute Gasteiger partial charge is 0.336 e. The van der Waals surface area contributed by atoms with E-state index < -0.39 is 21.7 Å². The Morgan fingerprint density at radius 3 is 2.32 bits per heavy atom. The molecule has 2 aromatic rings. The molecular weight excluding hydrogens is 410 g/mol. The summed E-state index contributed by atoms with van der Waals surface area (Å²) in [5.74, 6) is -1.24. The van der Waals surface area contributed by atoms with E-state index in [0.717, 1.165) is 11.3 Å². The molecule has 0 bridgehead atoms. The first-order chi connectivity index (χ1) is 11.8. The minimum atomic E-state index is -3.64. The summed E-state index contributed by atoms with van der Waals surface area (Å²) in [7, 11) is -3.64. The molecule has 1 aliphatic heterocycles. The molecule has 1 aromatic carbocycles. The Kier molecular flexibility index (Phi) is 5.36. The maximum atomic E-state index is 13.9. The predicted octanol–water partition coefficient (Wildman–Crippen LogP) is 3.34. The highest BCUT2D eigenvalue weighted by molar-refractivity contribution is 7.91. The molecule has 0 radical (unpaired) electrons. The van der Waals surface area contributed by atoms with E-state index in [1.807, 2.05) is 0 Å². The van der Waals surface area contributed by atoms with Gasteiger partial charge in [0.15, 0.2) is 0 Å². The van der Waals surface area contributed by atoms with Gasteiger partial charge in [-0.2, -0.15) is 4.31 Å². The lowest BCUT2D eigenvalue weighted by Gasteiger charge is -2.33. The standard InChI is InChI=1S/C15H13Cl2FN2O3S2/c16-10-2-1-3-11(18)14(10)15(21)19-6-8-20(9-7-19)25(22,23)13-5-4-12(17)24-13/h1-5H,6-9H2. The van der Waals surface area contributed by atoms with Crippen LogP contribution in [-0.4, -0.2) is 49.7 Å². The zero-order valence-corrected chi connectivity index (χ0v) is 15.9. The zero-order chi connectivity index (χ0) is 18.2. The minimum Gasteiger partial charge on any atom is -0.336 e. The molecule has 25 heavy (non-hydrogen) atoms. The number of sulfonamides is 1. The van der Waals surface area contributed by atoms with E-state index in [1.165, 1.54) is 39.5 Å². The number of rotatable bonds is 3. The van der Waals surface area contributed by atoms with E-state index in [2.05, 4.69) is 0 Å². The van der Waals surface area contributed by atoms with Crippen LogP contribution in [0.3, 0.4) is 0 Å². The minimum absolute atomic E-state index is 0.0354. The first-order valence-electron chi connectivity index (χ1n) is 7.29. The van der Waals surface area contributed by atoms with Gasteiger partial charge in [-0.1, -0.05) is 29.3 Å². The maximum absolute atomic E-state index is 13.9. The molecule has 1 aliphatic rings. The van der Waals surface area contributed by atoms with Crippen LogP contribution >= 0.6 is 34.5 Å². The van der Waals surface area contributed by atoms with E-state index in [1.54, 1.807) is 0 Å². The van der Waals surface area contributed by atoms with Crippen LogP contribution in [0.5, 0.6) is 0 Å². The van der Waals surface area contributed by atoms with Crippen LogP contribution < -0.4 is 0 Å². The van der Waals surface area contributed by atoms with Gasteiger partial charge in [-0.05, 0) is 24.3 Å². The van der Waals surface area contributed by atoms with Crippen LogP contribution in [0.15, 0.2) is 34.5 Å². The summed E-state index contributed by atoms with van der Waals surface area (Å²) in [5.41, 5.74) is -0.189. The summed E-state index contributed by atoms with van der Waals surface area (Å²) in [6.45, 7) is 0.551. The molecule has 1 saturated heterocycles. The van der Waals surface area contributed by atoms with Gasteiger partial charge in [0.05, 0.1) is 14.9 Å². The Balaban J connectivity index is 1.73. The summed E-state index contributed by atoms with van der Waals surface area (Å²) < 4.78 is 40.8. The molecular formula is C15H13Cl2FN2O3S2. The van der Waals surface area contributed by atoms with Crippen molar-refractivity contribution in [1.82, 2.24) is 9.21 Å². The number of thiophene rings is 1. The van der Waals surface area contributed by atoms with Crippen molar-refractivity contribution in [3.63, 3.8) is 0 Å². The van der Waals surface area contributed by atoms with Crippen molar-refractivity contribution >= 4 is 50.5 Å². The average Bonchev–Trinajstić information content (AvgIpc) is 3.02. The summed E-state index contributed by atoms with van der Waals surface area (Å²) in [5, 5.41) is 0.0354. The van der Waals surface area contributed by atoms with E-state index in [-0.39, 0.29) is 41.0 Å². The van der Waals surface area contributed by atoms with Crippen LogP contribution in [0.2, 0.25) is 9.36 Å². The van der Waals surface area contributed by atoms with Gasteiger partial charge in [0.2, 0.25) is 0 Å². The average molecular weight is 423 g/mol. The number of carbonyl (C=O) groups is 1. The normalized spacial score (nSPS) is 16.2. The molecule has 10 heteroatoms. The molecule has 134 valence electrons. The summed E-state index contributed by atoms with van der Waals surface area (Å²) in [6, 6.07) is 7.02. The fraction of sp³-hybridized carbons (Fsp3) is 0.267. The van der Waals surface area contributed by atoms with Crippen LogP contribution in [0.25, 0.3) is 0 Å². The monoisotopic (exact) mass is 422 g/mol. The van der Waals surface area contributed by atoms with E-state index >= 15 is 0 Å². The molecule has 0 atom stereocenters. The Bertz CT molecular complexity index is 889. The van der Waals surface area contributed by atoms with Gasteiger partial charge >= 0.3 is 0 Å². The molecule has 1 fully saturated rings. The molecule has 0 unspecified atom stereocenters. The lowest BCUT2D eigenvalue weighted by atomic mass is 10.1. The number of hydrogen-bond acceptors (Lipinski definition) is 4. The van der Waals surface area contributed by atoms with Crippen LogP contribution in [-0.2, 0) is 10.0 Å². The van der Waals surface area contributed by atoms with Crippen LogP contribution in [0.4, 0.5) is 4.39 Å². The molecule has 0 N–H and O–H groups in total. The number of amides is 1. The quantitative estimate of drug-likeness (QED) is 0.761. The summed E-state index contributed by atoms with van der Waals surface area (Å²) in [4.78, 5) is 13.9. The highest BCUT2D eigenvalue weighted by atomic mass is 35.5. The first kappa shape index (κ1) is 18.6. The second kappa shape index (κ2) is 7.20. The van der Waals surface area contributed by atoms with Crippen molar-refractivity contribution in [3.8, 4) is 0 Å². The van der Waals surface area contributed by atoms with Crippen molar-refractivity contribution in [2.45, 2.75) is 4.21 Å². The number of piperazine rings is 1. The lowest BCUT2D eigenvalue weighted by Crippen LogP contribution is -2.50. The van der Waals surface area contributed by atoms with Gasteiger partial charge in [-0.15, -0.1) is 11.3 Å². The molecule has 2 heterocycles. The van der Waals surface area contributed by atoms with Gasteiger partial charge < -0.3 is 4.90 Å². The molecule has 5 nitrogen and oxygen atoms in total. The van der Waals surface area contributed by atoms with E-state index in [0.29, 0.717) is 4.34 Å². The summed E-state index contributed by atoms with van der Waals surface area (Å²) in [6.07, 6.45) is 0. The van der Waals surface area contributed by atoms with Gasteiger partial charge in [-0.25, -0.2) is 12.8 Å². The third-order valence-electron chi connectivity index (χ3n) is 3.85. The smallest absolute Gasteiger partial charge is 0.258 e. The van der Waals surface area contributed by atoms with Crippen molar-refractivity contribution in [3.05, 3.63) is 51.1 Å². The second-order valence-corrected chi connectivity index (χ2v) is 9.64. The number of benzene rings is 1. The number of halogens is 3. The first-order valence-corrected chi connectivity index (χ1v) is 10.3. The third kappa shape index (κ3) is 3.68. The Labute approximate surface area is 158 Å². The highest BCUT2D eigenvalue weighted by Gasteiger charge is 2.32. The molecule has 1 amide bonds. The topological polar surface area (TPSA) is 57.7 Å². The lowest BCUT2D eigenvalue weighted by molar-refractivity contribution is 0.0693. The fourth-order valence-electron chi connectivity index (χ4n) is 2.56. The Hall–Kier alpha value is -1.19. The fourth-order valence-corrected chi connectivity index (χ4v) is 5.86. The van der Waals surface area contributed by atoms with E-state index in [9.17, 15) is 17.6 Å². The Morgan fingerprint density at radius 1 is 1.08 bits per heavy atom. The van der Waals surface area contributed by atoms with Crippen LogP contribution in [0, 0.1) is 5.82 Å². The third-order valence-corrected chi connectivity index (χ3v) is 7.76. The Morgan fingerprint density at radius 2 is 1.76 bits per heavy atom. The van der Waals surface area contributed by atoms with E-state index in [4.69, 9.17) is 23.2 Å². The molecule has 0 aliphatic carbocycles. The highest BCUT2D eigenvalue weighted by Crippen LogP contribution is 2.29. The zero-order valence-electron chi connectivity index (χ0n) is 12.8. The predicted molar refractivity (Wildman–Crippen MR) is 95.4 cm³/mol. The van der Waals surface area contributed by atoms with Crippen molar-refractivity contribution in [1.29, 1.82) is 0 Å². The molecule has 3 rings (SSSR count). The molecule has 0 spiro atoms. The van der Waals surface area contributed by atoms with Gasteiger partial charge in [0.1, 0.15) is 10.0 Å². The van der Waals surface area contributed by atoms with Gasteiger partial charge in [-0.3, -0.25) is 4.79 Å². The molecule has 0 saturated carbocycles. The number of nitrogens with zero attached hydrogens (tertiary/aromatic N) is 2. The summed E-state index contributed by atoms with van der Waals surface area (Å²) >= 11 is 12.7. The van der Waals surface area contributed by atoms with Crippen molar-refractivity contribution < 1.29 is 17.6 Å². The second-order valence-electron chi connectivity index (χ2n) is 5.35.